The van der Waals surface area contributed by atoms with E-state index >= 15 is 0 Å². The maximum atomic E-state index is 12.1. The number of benzene rings is 1. The second-order valence-corrected chi connectivity index (χ2v) is 8.28. The summed E-state index contributed by atoms with van der Waals surface area (Å²) in [6.07, 6.45) is 2.22. The lowest BCUT2D eigenvalue weighted by atomic mass is 10.0. The first-order chi connectivity index (χ1) is 12.6. The van der Waals surface area contributed by atoms with Crippen LogP contribution in [0, 0.1) is 17.8 Å². The average Bonchev–Trinajstić information content (AvgIpc) is 2.99. The number of halogens is 1. The van der Waals surface area contributed by atoms with Gasteiger partial charge in [-0.25, -0.2) is 0 Å². The van der Waals surface area contributed by atoms with E-state index in [4.69, 9.17) is 0 Å². The van der Waals surface area contributed by atoms with Crippen LogP contribution in [0.5, 0.6) is 0 Å². The van der Waals surface area contributed by atoms with Gasteiger partial charge in [0.1, 0.15) is 0 Å². The van der Waals surface area contributed by atoms with Gasteiger partial charge in [-0.15, -0.1) is 24.0 Å². The van der Waals surface area contributed by atoms with Crippen molar-refractivity contribution < 1.29 is 4.79 Å². The summed E-state index contributed by atoms with van der Waals surface area (Å²) in [5.41, 5.74) is 3.10. The molecule has 1 aromatic carbocycles. The van der Waals surface area contributed by atoms with Crippen LogP contribution in [-0.4, -0.2) is 49.5 Å². The molecule has 0 radical (unpaired) electrons. The fourth-order valence-electron chi connectivity index (χ4n) is 4.81. The summed E-state index contributed by atoms with van der Waals surface area (Å²) < 4.78 is 0. The molecule has 5 nitrogen and oxygen atoms in total. The molecule has 1 amide bonds. The van der Waals surface area contributed by atoms with Crippen LogP contribution < -0.4 is 10.6 Å². The van der Waals surface area contributed by atoms with Gasteiger partial charge in [-0.3, -0.25) is 9.79 Å². The lowest BCUT2D eigenvalue weighted by Crippen LogP contribution is -2.46. The van der Waals surface area contributed by atoms with Crippen LogP contribution in [0.1, 0.15) is 37.3 Å². The van der Waals surface area contributed by atoms with Crippen molar-refractivity contribution in [1.29, 1.82) is 0 Å². The second-order valence-electron chi connectivity index (χ2n) is 8.28. The number of nitrogens with zero attached hydrogens (tertiary/aromatic N) is 2. The highest BCUT2D eigenvalue weighted by molar-refractivity contribution is 14.0. The Balaban J connectivity index is 0.00000210. The highest BCUT2D eigenvalue weighted by atomic mass is 127. The van der Waals surface area contributed by atoms with Gasteiger partial charge in [0.05, 0.1) is 0 Å². The zero-order chi connectivity index (χ0) is 18.3. The first kappa shape index (κ1) is 20.4. The minimum Gasteiger partial charge on any atom is -0.356 e. The van der Waals surface area contributed by atoms with Crippen LogP contribution in [0.25, 0.3) is 0 Å². The Labute approximate surface area is 179 Å². The number of amides is 1. The Kier molecular flexibility index (Phi) is 6.33. The Bertz CT molecular complexity index is 720. The predicted molar refractivity (Wildman–Crippen MR) is 120 cm³/mol. The van der Waals surface area contributed by atoms with E-state index in [1.165, 1.54) is 6.42 Å². The Morgan fingerprint density at radius 2 is 2.11 bits per heavy atom. The van der Waals surface area contributed by atoms with E-state index in [2.05, 4.69) is 39.9 Å². The number of guanidine groups is 1. The number of likely N-dealkylation sites (tertiary alicyclic amines) is 1. The summed E-state index contributed by atoms with van der Waals surface area (Å²) in [4.78, 5) is 18.5. The summed E-state index contributed by atoms with van der Waals surface area (Å²) in [5, 5.41) is 7.02. The molecule has 27 heavy (non-hydrogen) atoms. The highest BCUT2D eigenvalue weighted by Crippen LogP contribution is 2.60. The van der Waals surface area contributed by atoms with Gasteiger partial charge in [0, 0.05) is 38.6 Å². The first-order valence-corrected chi connectivity index (χ1v) is 9.92. The highest BCUT2D eigenvalue weighted by Gasteiger charge is 2.54. The third kappa shape index (κ3) is 4.10. The van der Waals surface area contributed by atoms with Crippen LogP contribution in [0.2, 0.25) is 0 Å². The fraction of sp³-hybridized carbons (Fsp3) is 0.619. The minimum absolute atomic E-state index is 0. The van der Waals surface area contributed by atoms with Crippen molar-refractivity contribution >= 4 is 35.8 Å². The van der Waals surface area contributed by atoms with Crippen LogP contribution in [0.4, 0.5) is 0 Å². The molecule has 3 aliphatic rings. The third-order valence-electron chi connectivity index (χ3n) is 6.26. The predicted octanol–water partition coefficient (Wildman–Crippen LogP) is 2.61. The molecule has 4 atom stereocenters. The fourth-order valence-corrected chi connectivity index (χ4v) is 4.81. The van der Waals surface area contributed by atoms with Crippen molar-refractivity contribution in [3.8, 4) is 0 Å². The lowest BCUT2D eigenvalue weighted by molar-refractivity contribution is -0.133. The largest absolute Gasteiger partial charge is 0.356 e. The first-order valence-electron chi connectivity index (χ1n) is 9.92. The van der Waals surface area contributed by atoms with Crippen molar-refractivity contribution in [1.82, 2.24) is 15.5 Å². The van der Waals surface area contributed by atoms with E-state index < -0.39 is 0 Å². The van der Waals surface area contributed by atoms with Gasteiger partial charge in [-0.1, -0.05) is 38.1 Å². The third-order valence-corrected chi connectivity index (χ3v) is 6.26. The quantitative estimate of drug-likeness (QED) is 0.394. The van der Waals surface area contributed by atoms with E-state index in [9.17, 15) is 4.79 Å². The maximum Gasteiger partial charge on any atom is 0.225 e. The molecular formula is C21H31IN4O. The van der Waals surface area contributed by atoms with Gasteiger partial charge in [0.15, 0.2) is 5.96 Å². The molecule has 0 spiro atoms. The molecule has 2 N–H and O–H groups in total. The zero-order valence-corrected chi connectivity index (χ0v) is 18.8. The summed E-state index contributed by atoms with van der Waals surface area (Å²) in [6.45, 7) is 6.53. The number of hydrogen-bond acceptors (Lipinski definition) is 2. The standard InChI is InChI=1S/C21H30N4O.HI/c1-13(2)20(26)25-9-8-15(12-25)24-21(22-3)23-11-18-17-10-14-6-4-5-7-16(14)19(17)18;/h4-7,13,15,17-19H,8-12H2,1-3H3,(H2,22,23,24);1H. The van der Waals surface area contributed by atoms with Crippen molar-refractivity contribution in [2.24, 2.45) is 22.7 Å². The average molecular weight is 482 g/mol. The van der Waals surface area contributed by atoms with Gasteiger partial charge in [0.25, 0.3) is 0 Å². The Morgan fingerprint density at radius 3 is 2.85 bits per heavy atom. The van der Waals surface area contributed by atoms with Crippen LogP contribution >= 0.6 is 24.0 Å². The van der Waals surface area contributed by atoms with Crippen molar-refractivity contribution in [2.45, 2.75) is 38.6 Å². The number of carbonyl (C=O) groups excluding carboxylic acids is 1. The van der Waals surface area contributed by atoms with E-state index in [0.29, 0.717) is 6.04 Å². The number of fused-ring (bicyclic) bond motifs is 3. The summed E-state index contributed by atoms with van der Waals surface area (Å²) in [6, 6.07) is 9.18. The molecule has 1 aromatic rings. The lowest BCUT2D eigenvalue weighted by Gasteiger charge is -2.20. The molecular weight excluding hydrogens is 451 g/mol. The van der Waals surface area contributed by atoms with Crippen LogP contribution in [-0.2, 0) is 11.2 Å². The van der Waals surface area contributed by atoms with E-state index in [1.807, 2.05) is 25.8 Å². The molecule has 6 heteroatoms. The number of rotatable bonds is 4. The molecule has 1 heterocycles. The summed E-state index contributed by atoms with van der Waals surface area (Å²) in [7, 11) is 1.82. The van der Waals surface area contributed by atoms with Gasteiger partial charge < -0.3 is 15.5 Å². The van der Waals surface area contributed by atoms with Gasteiger partial charge in [-0.05, 0) is 41.7 Å². The SMILES string of the molecule is CN=C(NCC1C2Cc3ccccc3C12)NC1CCN(C(=O)C(C)C)C1.I. The molecule has 2 aliphatic carbocycles. The summed E-state index contributed by atoms with van der Waals surface area (Å²) >= 11 is 0. The second kappa shape index (κ2) is 8.37. The van der Waals surface area contributed by atoms with Crippen molar-refractivity contribution in [3.05, 3.63) is 35.4 Å². The van der Waals surface area contributed by atoms with Crippen LogP contribution in [0.3, 0.4) is 0 Å². The molecule has 4 unspecified atom stereocenters. The number of aliphatic imine (C=N–C) groups is 1. The number of carbonyl (C=O) groups is 1. The van der Waals surface area contributed by atoms with Gasteiger partial charge >= 0.3 is 0 Å². The molecule has 148 valence electrons. The monoisotopic (exact) mass is 482 g/mol. The van der Waals surface area contributed by atoms with Crippen LogP contribution in [0.15, 0.2) is 29.3 Å². The molecule has 1 saturated carbocycles. The van der Waals surface area contributed by atoms with Crippen molar-refractivity contribution in [2.75, 3.05) is 26.7 Å². The number of nitrogens with one attached hydrogen (secondary N) is 2. The molecule has 2 fully saturated rings. The van der Waals surface area contributed by atoms with Gasteiger partial charge in [0.2, 0.25) is 5.91 Å². The summed E-state index contributed by atoms with van der Waals surface area (Å²) in [5.74, 6) is 3.47. The molecule has 4 rings (SSSR count). The maximum absolute atomic E-state index is 12.1. The smallest absolute Gasteiger partial charge is 0.225 e. The van der Waals surface area contributed by atoms with E-state index in [-0.39, 0.29) is 35.8 Å². The van der Waals surface area contributed by atoms with E-state index in [0.717, 1.165) is 49.8 Å². The molecule has 0 bridgehead atoms. The molecule has 1 saturated heterocycles. The zero-order valence-electron chi connectivity index (χ0n) is 16.4. The Morgan fingerprint density at radius 1 is 1.33 bits per heavy atom. The van der Waals surface area contributed by atoms with Crippen molar-refractivity contribution in [3.63, 3.8) is 0 Å². The molecule has 1 aliphatic heterocycles. The van der Waals surface area contributed by atoms with E-state index in [1.54, 1.807) is 11.1 Å². The Hall–Kier alpha value is -1.31. The molecule has 0 aromatic heterocycles. The normalized spacial score (nSPS) is 28.4. The topological polar surface area (TPSA) is 56.7 Å². The number of hydrogen-bond donors (Lipinski definition) is 2. The van der Waals surface area contributed by atoms with Gasteiger partial charge in [-0.2, -0.15) is 0 Å². The minimum atomic E-state index is 0.